The molecule has 0 bridgehead atoms. The van der Waals surface area contributed by atoms with Crippen molar-refractivity contribution in [1.29, 1.82) is 0 Å². The molecule has 1 amide bonds. The summed E-state index contributed by atoms with van der Waals surface area (Å²) in [5.74, 6) is 0.545. The number of carbonyl (C=O) groups excluding carboxylic acids is 1. The lowest BCUT2D eigenvalue weighted by atomic mass is 10.2. The SMILES string of the molecule is CC(C)CNC(=O)C(C)N1CCC(O)C1. The van der Waals surface area contributed by atoms with Gasteiger partial charge >= 0.3 is 0 Å². The van der Waals surface area contributed by atoms with Crippen LogP contribution in [0, 0.1) is 5.92 Å². The number of aliphatic hydroxyl groups excluding tert-OH is 1. The summed E-state index contributed by atoms with van der Waals surface area (Å²) in [7, 11) is 0. The third kappa shape index (κ3) is 3.80. The third-order valence-corrected chi connectivity index (χ3v) is 2.81. The van der Waals surface area contributed by atoms with Crippen LogP contribution in [-0.4, -0.2) is 47.7 Å². The number of β-amino-alcohol motifs (C(OH)–C–C–N with tert-alkyl or cyclic N) is 1. The molecule has 1 fully saturated rings. The number of nitrogens with zero attached hydrogens (tertiary/aromatic N) is 1. The first-order valence-corrected chi connectivity index (χ1v) is 5.70. The van der Waals surface area contributed by atoms with Gasteiger partial charge in [-0.2, -0.15) is 0 Å². The predicted octanol–water partition coefficient (Wildman–Crippen LogP) is 0.214. The van der Waals surface area contributed by atoms with E-state index in [0.29, 0.717) is 12.5 Å². The molecule has 4 nitrogen and oxygen atoms in total. The fraction of sp³-hybridized carbons (Fsp3) is 0.909. The van der Waals surface area contributed by atoms with Crippen LogP contribution < -0.4 is 5.32 Å². The van der Waals surface area contributed by atoms with Gasteiger partial charge in [-0.15, -0.1) is 0 Å². The molecule has 0 aromatic carbocycles. The first kappa shape index (κ1) is 12.5. The fourth-order valence-electron chi connectivity index (χ4n) is 1.74. The Morgan fingerprint density at radius 3 is 2.67 bits per heavy atom. The zero-order valence-corrected chi connectivity index (χ0v) is 9.86. The van der Waals surface area contributed by atoms with E-state index in [0.717, 1.165) is 19.5 Å². The highest BCUT2D eigenvalue weighted by Gasteiger charge is 2.28. The van der Waals surface area contributed by atoms with Crippen LogP contribution in [0.5, 0.6) is 0 Å². The van der Waals surface area contributed by atoms with Gasteiger partial charge in [0.15, 0.2) is 0 Å². The van der Waals surface area contributed by atoms with Crippen LogP contribution in [0.15, 0.2) is 0 Å². The Kier molecular flexibility index (Phi) is 4.54. The number of amides is 1. The van der Waals surface area contributed by atoms with Crippen molar-refractivity contribution in [3.63, 3.8) is 0 Å². The summed E-state index contributed by atoms with van der Waals surface area (Å²) >= 11 is 0. The minimum absolute atomic E-state index is 0.0674. The zero-order chi connectivity index (χ0) is 11.4. The molecule has 0 aromatic rings. The molecule has 0 spiro atoms. The van der Waals surface area contributed by atoms with Crippen LogP contribution in [0.3, 0.4) is 0 Å². The van der Waals surface area contributed by atoms with E-state index in [2.05, 4.69) is 19.2 Å². The van der Waals surface area contributed by atoms with Crippen molar-refractivity contribution in [3.05, 3.63) is 0 Å². The molecule has 1 saturated heterocycles. The molecule has 2 unspecified atom stereocenters. The van der Waals surface area contributed by atoms with Crippen LogP contribution in [0.4, 0.5) is 0 Å². The summed E-state index contributed by atoms with van der Waals surface area (Å²) in [6.07, 6.45) is 0.521. The van der Waals surface area contributed by atoms with Gasteiger partial charge in [-0.3, -0.25) is 9.69 Å². The van der Waals surface area contributed by atoms with E-state index in [-0.39, 0.29) is 18.1 Å². The molecule has 15 heavy (non-hydrogen) atoms. The van der Waals surface area contributed by atoms with Gasteiger partial charge in [0.05, 0.1) is 12.1 Å². The summed E-state index contributed by atoms with van der Waals surface area (Å²) in [5.41, 5.74) is 0. The van der Waals surface area contributed by atoms with Gasteiger partial charge in [-0.1, -0.05) is 13.8 Å². The van der Waals surface area contributed by atoms with Crippen LogP contribution in [0.2, 0.25) is 0 Å². The lowest BCUT2D eigenvalue weighted by molar-refractivity contribution is -0.125. The molecule has 0 saturated carbocycles. The number of hydrogen-bond acceptors (Lipinski definition) is 3. The second-order valence-corrected chi connectivity index (χ2v) is 4.75. The van der Waals surface area contributed by atoms with Gasteiger partial charge in [0.2, 0.25) is 5.91 Å². The fourth-order valence-corrected chi connectivity index (χ4v) is 1.74. The standard InChI is InChI=1S/C11H22N2O2/c1-8(2)6-12-11(15)9(3)13-5-4-10(14)7-13/h8-10,14H,4-7H2,1-3H3,(H,12,15). The summed E-state index contributed by atoms with van der Waals surface area (Å²) in [5, 5.41) is 12.3. The highest BCUT2D eigenvalue weighted by molar-refractivity contribution is 5.81. The lowest BCUT2D eigenvalue weighted by Gasteiger charge is -2.23. The number of rotatable bonds is 4. The number of carbonyl (C=O) groups is 1. The van der Waals surface area contributed by atoms with Gasteiger partial charge in [0.1, 0.15) is 0 Å². The van der Waals surface area contributed by atoms with Gasteiger partial charge in [-0.25, -0.2) is 0 Å². The van der Waals surface area contributed by atoms with Crippen LogP contribution in [-0.2, 0) is 4.79 Å². The van der Waals surface area contributed by atoms with Crippen LogP contribution in [0.1, 0.15) is 27.2 Å². The van der Waals surface area contributed by atoms with E-state index >= 15 is 0 Å². The van der Waals surface area contributed by atoms with Crippen molar-refractivity contribution in [3.8, 4) is 0 Å². The molecular weight excluding hydrogens is 192 g/mol. The molecule has 0 aromatic heterocycles. The highest BCUT2D eigenvalue weighted by atomic mass is 16.3. The van der Waals surface area contributed by atoms with Gasteiger partial charge < -0.3 is 10.4 Å². The smallest absolute Gasteiger partial charge is 0.237 e. The maximum absolute atomic E-state index is 11.7. The topological polar surface area (TPSA) is 52.6 Å². The Morgan fingerprint density at radius 2 is 2.20 bits per heavy atom. The second-order valence-electron chi connectivity index (χ2n) is 4.75. The molecule has 2 atom stereocenters. The quantitative estimate of drug-likeness (QED) is 0.703. The summed E-state index contributed by atoms with van der Waals surface area (Å²) in [4.78, 5) is 13.7. The monoisotopic (exact) mass is 214 g/mol. The molecule has 0 aliphatic carbocycles. The number of nitrogens with one attached hydrogen (secondary N) is 1. The maximum atomic E-state index is 11.7. The third-order valence-electron chi connectivity index (χ3n) is 2.81. The van der Waals surface area contributed by atoms with Crippen LogP contribution >= 0.6 is 0 Å². The molecule has 4 heteroatoms. The molecule has 1 aliphatic heterocycles. The number of likely N-dealkylation sites (tertiary alicyclic amines) is 1. The minimum Gasteiger partial charge on any atom is -0.392 e. The van der Waals surface area contributed by atoms with E-state index in [9.17, 15) is 9.90 Å². The predicted molar refractivity (Wildman–Crippen MR) is 59.5 cm³/mol. The van der Waals surface area contributed by atoms with Gasteiger partial charge in [0.25, 0.3) is 0 Å². The van der Waals surface area contributed by atoms with E-state index in [1.807, 2.05) is 11.8 Å². The number of aliphatic hydroxyl groups is 1. The van der Waals surface area contributed by atoms with Gasteiger partial charge in [-0.05, 0) is 19.3 Å². The second kappa shape index (κ2) is 5.47. The van der Waals surface area contributed by atoms with E-state index in [4.69, 9.17) is 0 Å². The molecule has 2 N–H and O–H groups in total. The Bertz CT molecular complexity index is 219. The molecule has 1 heterocycles. The van der Waals surface area contributed by atoms with E-state index in [1.165, 1.54) is 0 Å². The van der Waals surface area contributed by atoms with Crippen LogP contribution in [0.25, 0.3) is 0 Å². The molecule has 1 rings (SSSR count). The molecule has 0 radical (unpaired) electrons. The lowest BCUT2D eigenvalue weighted by Crippen LogP contribution is -2.45. The Morgan fingerprint density at radius 1 is 1.53 bits per heavy atom. The van der Waals surface area contributed by atoms with Crippen molar-refractivity contribution < 1.29 is 9.90 Å². The van der Waals surface area contributed by atoms with E-state index in [1.54, 1.807) is 0 Å². The first-order valence-electron chi connectivity index (χ1n) is 5.70. The average Bonchev–Trinajstić information content (AvgIpc) is 2.60. The summed E-state index contributed by atoms with van der Waals surface area (Å²) in [6.45, 7) is 8.20. The zero-order valence-electron chi connectivity index (χ0n) is 9.86. The van der Waals surface area contributed by atoms with E-state index < -0.39 is 0 Å². The first-order chi connectivity index (χ1) is 7.00. The average molecular weight is 214 g/mol. The van der Waals surface area contributed by atoms with Crippen molar-refractivity contribution >= 4 is 5.91 Å². The summed E-state index contributed by atoms with van der Waals surface area (Å²) < 4.78 is 0. The maximum Gasteiger partial charge on any atom is 0.237 e. The van der Waals surface area contributed by atoms with Crippen molar-refractivity contribution in [2.24, 2.45) is 5.92 Å². The van der Waals surface area contributed by atoms with Crippen molar-refractivity contribution in [2.75, 3.05) is 19.6 Å². The molecule has 1 aliphatic rings. The number of hydrogen-bond donors (Lipinski definition) is 2. The van der Waals surface area contributed by atoms with Crippen molar-refractivity contribution in [1.82, 2.24) is 10.2 Å². The largest absolute Gasteiger partial charge is 0.392 e. The Hall–Kier alpha value is -0.610. The van der Waals surface area contributed by atoms with Crippen molar-refractivity contribution in [2.45, 2.75) is 39.3 Å². The molecular formula is C11H22N2O2. The molecule has 88 valence electrons. The Labute approximate surface area is 91.6 Å². The Balaban J connectivity index is 2.32. The van der Waals surface area contributed by atoms with Gasteiger partial charge in [0, 0.05) is 19.6 Å². The minimum atomic E-state index is -0.259. The highest BCUT2D eigenvalue weighted by Crippen LogP contribution is 2.12. The summed E-state index contributed by atoms with van der Waals surface area (Å²) in [6, 6.07) is -0.124. The normalized spacial score (nSPS) is 24.5.